The van der Waals surface area contributed by atoms with Crippen molar-refractivity contribution in [3.05, 3.63) is 64.8 Å². The molecule has 6 nitrogen and oxygen atoms in total. The van der Waals surface area contributed by atoms with Crippen LogP contribution in [0.4, 0.5) is 0 Å². The third-order valence-electron chi connectivity index (χ3n) is 5.11. The van der Waals surface area contributed by atoms with Crippen LogP contribution in [0.25, 0.3) is 10.9 Å². The molecule has 1 N–H and O–H groups in total. The van der Waals surface area contributed by atoms with Gasteiger partial charge < -0.3 is 19.2 Å². The lowest BCUT2D eigenvalue weighted by Gasteiger charge is -2.36. The van der Waals surface area contributed by atoms with Gasteiger partial charge in [-0.25, -0.2) is 0 Å². The maximum Gasteiger partial charge on any atom is 0.324 e. The fourth-order valence-electron chi connectivity index (χ4n) is 3.89. The molecule has 1 atom stereocenters. The minimum atomic E-state index is -1.34. The first kappa shape index (κ1) is 20.8. The molecule has 0 radical (unpaired) electrons. The second-order valence-corrected chi connectivity index (χ2v) is 8.10. The smallest absolute Gasteiger partial charge is 0.324 e. The van der Waals surface area contributed by atoms with Crippen molar-refractivity contribution in [3.63, 3.8) is 0 Å². The molecule has 7 heteroatoms. The number of terminal acetylenes is 1. The summed E-state index contributed by atoms with van der Waals surface area (Å²) >= 11 is 6.30. The van der Waals surface area contributed by atoms with Crippen LogP contribution in [0.1, 0.15) is 30.9 Å². The van der Waals surface area contributed by atoms with Crippen LogP contribution in [0.2, 0.25) is 5.02 Å². The van der Waals surface area contributed by atoms with E-state index in [4.69, 9.17) is 32.2 Å². The lowest BCUT2D eigenvalue weighted by molar-refractivity contribution is -0.240. The molecule has 158 valence electrons. The number of hydrogen-bond acceptors (Lipinski definition) is 5. The number of para-hydroxylation sites is 1. The largest absolute Gasteiger partial charge is 0.481 e. The topological polar surface area (TPSA) is 77.6 Å². The Labute approximate surface area is 184 Å². The number of aromatic amines is 1. The van der Waals surface area contributed by atoms with E-state index in [0.29, 0.717) is 21.9 Å². The Morgan fingerprint density at radius 2 is 1.87 bits per heavy atom. The van der Waals surface area contributed by atoms with E-state index >= 15 is 0 Å². The highest BCUT2D eigenvalue weighted by Crippen LogP contribution is 2.44. The Morgan fingerprint density at radius 1 is 1.16 bits per heavy atom. The van der Waals surface area contributed by atoms with Crippen LogP contribution in [0.5, 0.6) is 5.75 Å². The first-order valence-electron chi connectivity index (χ1n) is 9.68. The van der Waals surface area contributed by atoms with Crippen LogP contribution in [-0.4, -0.2) is 29.3 Å². The number of rotatable bonds is 5. The van der Waals surface area contributed by atoms with Gasteiger partial charge in [0.1, 0.15) is 12.4 Å². The van der Waals surface area contributed by atoms with Crippen molar-refractivity contribution in [2.24, 2.45) is 5.92 Å². The van der Waals surface area contributed by atoms with Gasteiger partial charge in [-0.3, -0.25) is 9.59 Å². The average molecular weight is 438 g/mol. The monoisotopic (exact) mass is 437 g/mol. The molecule has 0 amide bonds. The van der Waals surface area contributed by atoms with Gasteiger partial charge in [0.2, 0.25) is 0 Å². The maximum atomic E-state index is 13.0. The fourth-order valence-corrected chi connectivity index (χ4v) is 4.07. The van der Waals surface area contributed by atoms with E-state index in [2.05, 4.69) is 10.9 Å². The number of esters is 2. The number of H-pyrrole nitrogens is 1. The number of fused-ring (bicyclic) bond motifs is 1. The number of ether oxygens (including phenoxy) is 3. The van der Waals surface area contributed by atoms with E-state index in [9.17, 15) is 9.59 Å². The molecule has 2 aromatic carbocycles. The summed E-state index contributed by atoms with van der Waals surface area (Å²) in [6, 6.07) is 12.6. The molecule has 1 fully saturated rings. The molecule has 1 aliphatic rings. The molecule has 31 heavy (non-hydrogen) atoms. The van der Waals surface area contributed by atoms with Crippen LogP contribution >= 0.6 is 11.6 Å². The summed E-state index contributed by atoms with van der Waals surface area (Å²) in [5.41, 5.74) is 2.10. The van der Waals surface area contributed by atoms with E-state index in [0.717, 1.165) is 10.9 Å². The molecule has 0 unspecified atom stereocenters. The maximum absolute atomic E-state index is 13.0. The van der Waals surface area contributed by atoms with Gasteiger partial charge in [0.25, 0.3) is 5.79 Å². The van der Waals surface area contributed by atoms with Gasteiger partial charge in [-0.2, -0.15) is 0 Å². The van der Waals surface area contributed by atoms with Crippen molar-refractivity contribution in [1.29, 1.82) is 0 Å². The predicted octanol–water partition coefficient (Wildman–Crippen LogP) is 4.42. The first-order chi connectivity index (χ1) is 14.8. The van der Waals surface area contributed by atoms with Gasteiger partial charge in [-0.1, -0.05) is 35.7 Å². The molecule has 3 aromatic rings. The highest BCUT2D eigenvalue weighted by Gasteiger charge is 2.49. The summed E-state index contributed by atoms with van der Waals surface area (Å²) in [7, 11) is 0. The van der Waals surface area contributed by atoms with Gasteiger partial charge in [-0.15, -0.1) is 6.42 Å². The van der Waals surface area contributed by atoms with Gasteiger partial charge in [0.05, 0.1) is 0 Å². The van der Waals surface area contributed by atoms with Crippen molar-refractivity contribution < 1.29 is 23.8 Å². The van der Waals surface area contributed by atoms with Crippen molar-refractivity contribution >= 4 is 34.4 Å². The molecular weight excluding hydrogens is 418 g/mol. The zero-order chi connectivity index (χ0) is 22.2. The van der Waals surface area contributed by atoms with Crippen LogP contribution in [-0.2, 0) is 19.1 Å². The zero-order valence-corrected chi connectivity index (χ0v) is 17.7. The summed E-state index contributed by atoms with van der Waals surface area (Å²) in [6.07, 6.45) is 7.13. The second-order valence-electron chi connectivity index (χ2n) is 7.66. The number of aromatic nitrogens is 1. The van der Waals surface area contributed by atoms with E-state index in [1.165, 1.54) is 13.8 Å². The summed E-state index contributed by atoms with van der Waals surface area (Å²) in [4.78, 5) is 29.3. The molecule has 1 aromatic heterocycles. The lowest BCUT2D eigenvalue weighted by atomic mass is 9.79. The van der Waals surface area contributed by atoms with Crippen LogP contribution in [0.3, 0.4) is 0 Å². The number of carbonyl (C=O) groups excluding carboxylic acids is 2. The number of carbonyl (C=O) groups is 2. The minimum absolute atomic E-state index is 0.0157. The predicted molar refractivity (Wildman–Crippen MR) is 116 cm³/mol. The average Bonchev–Trinajstić information content (AvgIpc) is 3.13. The Morgan fingerprint density at radius 3 is 2.58 bits per heavy atom. The summed E-state index contributed by atoms with van der Waals surface area (Å²) in [5, 5.41) is 1.27. The summed E-state index contributed by atoms with van der Waals surface area (Å²) < 4.78 is 16.6. The van der Waals surface area contributed by atoms with Crippen LogP contribution < -0.4 is 4.74 Å². The normalized spacial score (nSPS) is 17.0. The van der Waals surface area contributed by atoms with E-state index < -0.39 is 29.6 Å². The van der Waals surface area contributed by atoms with E-state index in [1.54, 1.807) is 24.4 Å². The number of halogens is 1. The molecule has 0 saturated carbocycles. The standard InChI is InChI=1S/C24H20ClNO5/c1-4-11-29-19-10-9-14(25)12-16(19)20(17-13-26-18-8-6-5-7-15(17)18)21-22(27)30-24(2,3)31-23(21)28/h1,5-10,12-13,20-21,26H,11H2,2-3H3/t20-/m1/s1. The molecule has 1 aliphatic heterocycles. The van der Waals surface area contributed by atoms with Gasteiger partial charge in [0, 0.05) is 47.5 Å². The SMILES string of the molecule is C#CCOc1ccc(Cl)cc1[C@H](c1c[nH]c2ccccc12)C1C(=O)OC(C)(C)OC1=O. The second kappa shape index (κ2) is 8.01. The van der Waals surface area contributed by atoms with Crippen molar-refractivity contribution in [3.8, 4) is 18.1 Å². The highest BCUT2D eigenvalue weighted by molar-refractivity contribution is 6.30. The Balaban J connectivity index is 1.93. The van der Waals surface area contributed by atoms with E-state index in [1.807, 2.05) is 24.3 Å². The molecule has 1 saturated heterocycles. The van der Waals surface area contributed by atoms with E-state index in [-0.39, 0.29) is 6.61 Å². The third kappa shape index (κ3) is 3.97. The first-order valence-corrected chi connectivity index (χ1v) is 10.1. The third-order valence-corrected chi connectivity index (χ3v) is 5.34. The quantitative estimate of drug-likeness (QED) is 0.363. The van der Waals surface area contributed by atoms with Crippen LogP contribution in [0, 0.1) is 18.3 Å². The molecule has 0 aliphatic carbocycles. The highest BCUT2D eigenvalue weighted by atomic mass is 35.5. The number of hydrogen-bond donors (Lipinski definition) is 1. The molecular formula is C24H20ClNO5. The van der Waals surface area contributed by atoms with Crippen molar-refractivity contribution in [2.75, 3.05) is 6.61 Å². The summed E-state index contributed by atoms with van der Waals surface area (Å²) in [6.45, 7) is 3.04. The Kier molecular flexibility index (Phi) is 5.38. The van der Waals surface area contributed by atoms with Gasteiger partial charge >= 0.3 is 11.9 Å². The molecule has 0 spiro atoms. The Bertz CT molecular complexity index is 1190. The van der Waals surface area contributed by atoms with Gasteiger partial charge in [0.15, 0.2) is 5.92 Å². The van der Waals surface area contributed by atoms with Crippen LogP contribution in [0.15, 0.2) is 48.7 Å². The Hall–Kier alpha value is -3.43. The van der Waals surface area contributed by atoms with Crippen molar-refractivity contribution in [2.45, 2.75) is 25.6 Å². The van der Waals surface area contributed by atoms with Gasteiger partial charge in [-0.05, 0) is 29.8 Å². The number of nitrogens with one attached hydrogen (secondary N) is 1. The molecule has 4 rings (SSSR count). The molecule has 2 heterocycles. The minimum Gasteiger partial charge on any atom is -0.481 e. The molecule has 0 bridgehead atoms. The summed E-state index contributed by atoms with van der Waals surface area (Å²) in [5.74, 6) is -1.89. The zero-order valence-electron chi connectivity index (χ0n) is 17.0. The number of benzene rings is 2. The van der Waals surface area contributed by atoms with Crippen molar-refractivity contribution in [1.82, 2.24) is 4.98 Å². The fraction of sp³-hybridized carbons (Fsp3) is 0.250. The lowest BCUT2D eigenvalue weighted by Crippen LogP contribution is -2.48. The number of cyclic esters (lactones) is 2.